The first kappa shape index (κ1) is 12.5. The van der Waals surface area contributed by atoms with Gasteiger partial charge in [0.1, 0.15) is 5.82 Å². The van der Waals surface area contributed by atoms with E-state index in [1.807, 2.05) is 0 Å². The molecule has 4 heteroatoms. The second-order valence-electron chi connectivity index (χ2n) is 3.86. The maximum Gasteiger partial charge on any atom is 0.248 e. The summed E-state index contributed by atoms with van der Waals surface area (Å²) in [6.07, 6.45) is 5.03. The Labute approximate surface area is 104 Å². The molecule has 0 spiro atoms. The van der Waals surface area contributed by atoms with E-state index in [4.69, 9.17) is 0 Å². The van der Waals surface area contributed by atoms with Crippen LogP contribution in [0.1, 0.15) is 5.56 Å². The summed E-state index contributed by atoms with van der Waals surface area (Å²) in [5.41, 5.74) is 0.677. The minimum atomic E-state index is -1.97. The van der Waals surface area contributed by atoms with E-state index in [1.54, 1.807) is 0 Å². The van der Waals surface area contributed by atoms with Crippen molar-refractivity contribution in [3.63, 3.8) is 0 Å². The molecule has 0 radical (unpaired) electrons. The summed E-state index contributed by atoms with van der Waals surface area (Å²) in [6, 6.07) is 5.19. The molecule has 1 aliphatic rings. The lowest BCUT2D eigenvalue weighted by molar-refractivity contribution is -0.244. The fourth-order valence-electron chi connectivity index (χ4n) is 1.57. The van der Waals surface area contributed by atoms with Crippen LogP contribution in [0.4, 0.5) is 8.78 Å². The van der Waals surface area contributed by atoms with Crippen LogP contribution in [0.3, 0.4) is 0 Å². The van der Waals surface area contributed by atoms with Crippen LogP contribution >= 0.6 is 0 Å². The van der Waals surface area contributed by atoms with Gasteiger partial charge in [0.2, 0.25) is 5.85 Å². The highest BCUT2D eigenvalue weighted by molar-refractivity contribution is 5.67. The maximum absolute atomic E-state index is 13.6. The van der Waals surface area contributed by atoms with Crippen molar-refractivity contribution in [1.29, 1.82) is 0 Å². The van der Waals surface area contributed by atoms with Crippen LogP contribution in [0.5, 0.6) is 0 Å². The summed E-state index contributed by atoms with van der Waals surface area (Å²) in [6.45, 7) is 0. The van der Waals surface area contributed by atoms with E-state index < -0.39 is 11.7 Å². The first-order valence-corrected chi connectivity index (χ1v) is 5.34. The fourth-order valence-corrected chi connectivity index (χ4v) is 1.57. The van der Waals surface area contributed by atoms with Gasteiger partial charge in [0.15, 0.2) is 0 Å². The molecule has 94 valence electrons. The molecule has 2 nitrogen and oxygen atoms in total. The summed E-state index contributed by atoms with van der Waals surface area (Å²) in [4.78, 5) is 0. The van der Waals surface area contributed by atoms with Crippen molar-refractivity contribution in [2.24, 2.45) is 0 Å². The average molecular weight is 249 g/mol. The lowest BCUT2D eigenvalue weighted by atomic mass is 10.0. The van der Waals surface area contributed by atoms with Crippen molar-refractivity contribution >= 4 is 5.76 Å². The van der Waals surface area contributed by atoms with Gasteiger partial charge in [-0.15, -0.1) is 0 Å². The Kier molecular flexibility index (Phi) is 3.30. The molecule has 0 aromatic heterocycles. The van der Waals surface area contributed by atoms with Crippen LogP contribution < -0.4 is 5.11 Å². The molecule has 1 aromatic carbocycles. The Morgan fingerprint density at radius 2 is 1.72 bits per heavy atom. The number of halogens is 2. The number of hydrogen-bond acceptors (Lipinski definition) is 2. The molecule has 0 saturated carbocycles. The van der Waals surface area contributed by atoms with Crippen LogP contribution in [0.2, 0.25) is 0 Å². The van der Waals surface area contributed by atoms with Gasteiger partial charge in [0, 0.05) is 7.11 Å². The van der Waals surface area contributed by atoms with Crippen molar-refractivity contribution < 1.29 is 18.6 Å². The molecule has 1 aromatic rings. The van der Waals surface area contributed by atoms with Crippen LogP contribution in [-0.2, 0) is 4.74 Å². The lowest BCUT2D eigenvalue weighted by Crippen LogP contribution is -2.21. The van der Waals surface area contributed by atoms with Crippen molar-refractivity contribution in [2.75, 3.05) is 7.11 Å². The van der Waals surface area contributed by atoms with E-state index in [9.17, 15) is 13.9 Å². The summed E-state index contributed by atoms with van der Waals surface area (Å²) in [5.74, 6) is -2.67. The van der Waals surface area contributed by atoms with Crippen molar-refractivity contribution in [3.05, 3.63) is 65.5 Å². The molecule has 0 unspecified atom stereocenters. The monoisotopic (exact) mass is 249 g/mol. The maximum atomic E-state index is 13.6. The van der Waals surface area contributed by atoms with Crippen molar-refractivity contribution in [2.45, 2.75) is 5.85 Å². The van der Waals surface area contributed by atoms with Gasteiger partial charge >= 0.3 is 0 Å². The molecule has 0 bridgehead atoms. The molecular weight excluding hydrogens is 238 g/mol. The zero-order valence-electron chi connectivity index (χ0n) is 9.69. The van der Waals surface area contributed by atoms with Gasteiger partial charge in [-0.1, -0.05) is 30.0 Å². The second-order valence-corrected chi connectivity index (χ2v) is 3.86. The smallest absolute Gasteiger partial charge is 0.248 e. The summed E-state index contributed by atoms with van der Waals surface area (Å²) >= 11 is 0. The molecule has 2 rings (SSSR count). The van der Waals surface area contributed by atoms with Crippen LogP contribution in [-0.4, -0.2) is 13.0 Å². The molecule has 18 heavy (non-hydrogen) atoms. The lowest BCUT2D eigenvalue weighted by Gasteiger charge is -2.22. The number of rotatable bonds is 2. The Balaban J connectivity index is 2.31. The predicted molar refractivity (Wildman–Crippen MR) is 62.4 cm³/mol. The van der Waals surface area contributed by atoms with Gasteiger partial charge in [-0.2, -0.15) is 0 Å². The molecule has 0 saturated heterocycles. The van der Waals surface area contributed by atoms with E-state index >= 15 is 0 Å². The largest absolute Gasteiger partial charge is 0.872 e. The highest BCUT2D eigenvalue weighted by Gasteiger charge is 2.23. The van der Waals surface area contributed by atoms with Gasteiger partial charge < -0.3 is 9.84 Å². The van der Waals surface area contributed by atoms with E-state index in [1.165, 1.54) is 43.5 Å². The zero-order chi connectivity index (χ0) is 13.2. The standard InChI is InChI=1S/C14H12F2O2/c1-18-14(16)8-6-11(7-9-14)13(17)10-2-4-12(15)5-3-10/h2-9,17H,1H3/p-1. The molecule has 0 aliphatic heterocycles. The molecule has 1 aliphatic carbocycles. The third kappa shape index (κ3) is 2.49. The van der Waals surface area contributed by atoms with E-state index in [0.29, 0.717) is 11.1 Å². The average Bonchev–Trinajstić information content (AvgIpc) is 2.40. The Morgan fingerprint density at radius 3 is 2.22 bits per heavy atom. The zero-order valence-corrected chi connectivity index (χ0v) is 9.69. The Morgan fingerprint density at radius 1 is 1.17 bits per heavy atom. The SMILES string of the molecule is COC1(F)C=CC(=C([O-])c2ccc(F)cc2)C=C1. The summed E-state index contributed by atoms with van der Waals surface area (Å²) in [7, 11) is 1.24. The minimum Gasteiger partial charge on any atom is -0.872 e. The number of ether oxygens (including phenoxy) is 1. The van der Waals surface area contributed by atoms with Gasteiger partial charge in [-0.05, 0) is 35.4 Å². The summed E-state index contributed by atoms with van der Waals surface area (Å²) < 4.78 is 31.0. The van der Waals surface area contributed by atoms with Crippen LogP contribution in [0.25, 0.3) is 5.76 Å². The van der Waals surface area contributed by atoms with Gasteiger partial charge in [-0.25, -0.2) is 8.78 Å². The van der Waals surface area contributed by atoms with E-state index in [0.717, 1.165) is 12.2 Å². The van der Waals surface area contributed by atoms with E-state index in [2.05, 4.69) is 4.74 Å². The number of allylic oxidation sites excluding steroid dienone is 3. The molecule has 0 fully saturated rings. The topological polar surface area (TPSA) is 32.3 Å². The highest BCUT2D eigenvalue weighted by Crippen LogP contribution is 2.26. The minimum absolute atomic E-state index is 0.291. The molecule has 0 N–H and O–H groups in total. The molecule has 0 atom stereocenters. The number of benzene rings is 1. The molecular formula is C14H11F2O2-. The highest BCUT2D eigenvalue weighted by atomic mass is 19.2. The first-order valence-electron chi connectivity index (χ1n) is 5.34. The second kappa shape index (κ2) is 4.74. The quantitative estimate of drug-likeness (QED) is 0.753. The molecule has 0 amide bonds. The predicted octanol–water partition coefficient (Wildman–Crippen LogP) is 2.34. The fraction of sp³-hybridized carbons (Fsp3) is 0.143. The van der Waals surface area contributed by atoms with Crippen LogP contribution in [0.15, 0.2) is 54.1 Å². The van der Waals surface area contributed by atoms with Gasteiger partial charge in [0.25, 0.3) is 0 Å². The molecule has 0 heterocycles. The Bertz CT molecular complexity index is 511. The third-order valence-corrected chi connectivity index (χ3v) is 2.66. The van der Waals surface area contributed by atoms with Crippen molar-refractivity contribution in [3.8, 4) is 0 Å². The summed E-state index contributed by atoms with van der Waals surface area (Å²) in [5, 5.41) is 12.0. The Hall–Kier alpha value is -1.94. The third-order valence-electron chi connectivity index (χ3n) is 2.66. The van der Waals surface area contributed by atoms with Crippen molar-refractivity contribution in [1.82, 2.24) is 0 Å². The van der Waals surface area contributed by atoms with Crippen LogP contribution in [0, 0.1) is 5.82 Å². The first-order chi connectivity index (χ1) is 8.54. The number of methoxy groups -OCH3 is 1. The number of hydrogen-bond donors (Lipinski definition) is 0. The normalized spacial score (nSPS) is 22.3. The van der Waals surface area contributed by atoms with Gasteiger partial charge in [0.05, 0.1) is 0 Å². The number of alkyl halides is 1. The van der Waals surface area contributed by atoms with Gasteiger partial charge in [-0.3, -0.25) is 0 Å². The van der Waals surface area contributed by atoms with E-state index in [-0.39, 0.29) is 5.76 Å².